The molecule has 6 nitrogen and oxygen atoms in total. The van der Waals surface area contributed by atoms with Gasteiger partial charge >= 0.3 is 0 Å². The Morgan fingerprint density at radius 2 is 1.80 bits per heavy atom. The van der Waals surface area contributed by atoms with Crippen LogP contribution in [0.4, 0.5) is 0 Å². The van der Waals surface area contributed by atoms with E-state index in [4.69, 9.17) is 4.55 Å². The fourth-order valence-corrected chi connectivity index (χ4v) is 3.35. The Morgan fingerprint density at radius 1 is 1.33 bits per heavy atom. The zero-order chi connectivity index (χ0) is 12.3. The molecule has 0 aliphatic heterocycles. The van der Waals surface area contributed by atoms with Gasteiger partial charge in [-0.15, -0.1) is 5.92 Å². The maximum absolute atomic E-state index is 11.4. The Kier molecular flexibility index (Phi) is 4.30. The molecular weight excluding hydrogens is 244 g/mol. The van der Waals surface area contributed by atoms with Gasteiger partial charge in [0.05, 0.1) is 7.11 Å². The number of rotatable bonds is 4. The highest BCUT2D eigenvalue weighted by Gasteiger charge is 2.42. The standard InChI is InChI=1S/C7H12O6S2/c1-4-5-7(2,6-14(8,9)10)15(11,12)13-3/h6H2,1-3H3,(H,8,9,10). The summed E-state index contributed by atoms with van der Waals surface area (Å²) in [5.41, 5.74) is 0. The highest BCUT2D eigenvalue weighted by atomic mass is 32.2. The molecule has 0 aromatic rings. The predicted molar refractivity (Wildman–Crippen MR) is 54.2 cm³/mol. The maximum atomic E-state index is 11.4. The van der Waals surface area contributed by atoms with E-state index in [0.717, 1.165) is 14.0 Å². The zero-order valence-electron chi connectivity index (χ0n) is 8.51. The lowest BCUT2D eigenvalue weighted by atomic mass is 10.2. The SMILES string of the molecule is CC#CC(C)(CS(=O)(=O)O)S(=O)(=O)OC. The molecule has 1 N–H and O–H groups in total. The van der Waals surface area contributed by atoms with E-state index in [-0.39, 0.29) is 0 Å². The fraction of sp³-hybridized carbons (Fsp3) is 0.714. The van der Waals surface area contributed by atoms with Gasteiger partial charge < -0.3 is 0 Å². The molecule has 0 saturated heterocycles. The van der Waals surface area contributed by atoms with Crippen molar-refractivity contribution in [2.45, 2.75) is 18.6 Å². The van der Waals surface area contributed by atoms with Crippen molar-refractivity contribution in [3.63, 3.8) is 0 Å². The minimum absolute atomic E-state index is 0.898. The summed E-state index contributed by atoms with van der Waals surface area (Å²) in [6, 6.07) is 0. The van der Waals surface area contributed by atoms with Gasteiger partial charge in [-0.25, -0.2) is 0 Å². The largest absolute Gasteiger partial charge is 0.285 e. The van der Waals surface area contributed by atoms with Crippen LogP contribution in [-0.4, -0.2) is 39.0 Å². The zero-order valence-corrected chi connectivity index (χ0v) is 10.1. The van der Waals surface area contributed by atoms with E-state index in [1.807, 2.05) is 0 Å². The first-order valence-corrected chi connectivity index (χ1v) is 6.79. The van der Waals surface area contributed by atoms with Gasteiger partial charge in [0, 0.05) is 0 Å². The summed E-state index contributed by atoms with van der Waals surface area (Å²) in [4.78, 5) is 0. The van der Waals surface area contributed by atoms with E-state index in [9.17, 15) is 16.8 Å². The maximum Gasteiger partial charge on any atom is 0.285 e. The molecule has 0 aliphatic rings. The third-order valence-corrected chi connectivity index (χ3v) is 4.53. The van der Waals surface area contributed by atoms with Gasteiger partial charge in [-0.1, -0.05) is 5.92 Å². The molecule has 0 spiro atoms. The Morgan fingerprint density at radius 3 is 2.07 bits per heavy atom. The van der Waals surface area contributed by atoms with Gasteiger partial charge in [0.2, 0.25) is 0 Å². The van der Waals surface area contributed by atoms with Crippen LogP contribution in [0.3, 0.4) is 0 Å². The van der Waals surface area contributed by atoms with E-state index < -0.39 is 30.7 Å². The molecule has 0 aliphatic carbocycles. The van der Waals surface area contributed by atoms with Crippen molar-refractivity contribution < 1.29 is 25.6 Å². The Balaban J connectivity index is 5.54. The summed E-state index contributed by atoms with van der Waals surface area (Å²) >= 11 is 0. The quantitative estimate of drug-likeness (QED) is 0.419. The summed E-state index contributed by atoms with van der Waals surface area (Å²) in [6.07, 6.45) is 0. The van der Waals surface area contributed by atoms with Crippen LogP contribution in [0.25, 0.3) is 0 Å². The van der Waals surface area contributed by atoms with Crippen molar-refractivity contribution >= 4 is 20.2 Å². The first-order chi connectivity index (χ1) is 6.58. The average molecular weight is 256 g/mol. The Labute approximate surface area is 89.5 Å². The van der Waals surface area contributed by atoms with Gasteiger partial charge in [0.1, 0.15) is 5.75 Å². The van der Waals surface area contributed by atoms with E-state index in [1.165, 1.54) is 6.92 Å². The molecule has 0 aromatic carbocycles. The molecule has 0 radical (unpaired) electrons. The van der Waals surface area contributed by atoms with Crippen molar-refractivity contribution in [1.29, 1.82) is 0 Å². The van der Waals surface area contributed by atoms with Crippen molar-refractivity contribution in [1.82, 2.24) is 0 Å². The van der Waals surface area contributed by atoms with Crippen LogP contribution in [0.1, 0.15) is 13.8 Å². The molecule has 0 fully saturated rings. The molecule has 1 atom stereocenters. The molecular formula is C7H12O6S2. The second-order valence-electron chi connectivity index (χ2n) is 2.95. The average Bonchev–Trinajstić information content (AvgIpc) is 2.01. The van der Waals surface area contributed by atoms with Crippen molar-refractivity contribution in [3.05, 3.63) is 0 Å². The smallest absolute Gasteiger partial charge is 0.285 e. The monoisotopic (exact) mass is 256 g/mol. The lowest BCUT2D eigenvalue weighted by Crippen LogP contribution is -2.41. The van der Waals surface area contributed by atoms with Crippen LogP contribution < -0.4 is 0 Å². The molecule has 0 rings (SSSR count). The topological polar surface area (TPSA) is 97.7 Å². The van der Waals surface area contributed by atoms with Crippen molar-refractivity contribution in [2.24, 2.45) is 0 Å². The number of hydrogen-bond acceptors (Lipinski definition) is 5. The van der Waals surface area contributed by atoms with E-state index >= 15 is 0 Å². The lowest BCUT2D eigenvalue weighted by Gasteiger charge is -2.20. The highest BCUT2D eigenvalue weighted by molar-refractivity contribution is 7.91. The molecule has 0 heterocycles. The normalized spacial score (nSPS) is 16.3. The van der Waals surface area contributed by atoms with Gasteiger partial charge in [-0.2, -0.15) is 16.8 Å². The van der Waals surface area contributed by atoms with Crippen LogP contribution >= 0.6 is 0 Å². The predicted octanol–water partition coefficient (Wildman–Crippen LogP) is -0.368. The van der Waals surface area contributed by atoms with E-state index in [1.54, 1.807) is 0 Å². The summed E-state index contributed by atoms with van der Waals surface area (Å²) in [7, 11) is -7.73. The highest BCUT2D eigenvalue weighted by Crippen LogP contribution is 2.19. The molecule has 88 valence electrons. The second kappa shape index (κ2) is 4.49. The van der Waals surface area contributed by atoms with Crippen molar-refractivity contribution in [2.75, 3.05) is 12.9 Å². The molecule has 1 unspecified atom stereocenters. The minimum Gasteiger partial charge on any atom is -0.285 e. The molecule has 0 bridgehead atoms. The number of hydrogen-bond donors (Lipinski definition) is 1. The molecule has 0 aromatic heterocycles. The summed E-state index contributed by atoms with van der Waals surface area (Å²) in [5, 5.41) is 0. The molecule has 0 amide bonds. The van der Waals surface area contributed by atoms with Gasteiger partial charge in [-0.05, 0) is 13.8 Å². The summed E-state index contributed by atoms with van der Waals surface area (Å²) in [6.45, 7) is 2.42. The Bertz CT molecular complexity index is 477. The van der Waals surface area contributed by atoms with Crippen molar-refractivity contribution in [3.8, 4) is 11.8 Å². The van der Waals surface area contributed by atoms with Crippen LogP contribution in [0, 0.1) is 11.8 Å². The molecule has 0 saturated carbocycles. The fourth-order valence-electron chi connectivity index (χ4n) is 0.967. The van der Waals surface area contributed by atoms with Gasteiger partial charge in [-0.3, -0.25) is 8.74 Å². The van der Waals surface area contributed by atoms with Crippen LogP contribution in [0.5, 0.6) is 0 Å². The third-order valence-electron chi connectivity index (χ3n) is 1.62. The van der Waals surface area contributed by atoms with Gasteiger partial charge in [0.25, 0.3) is 20.2 Å². The molecule has 15 heavy (non-hydrogen) atoms. The first kappa shape index (κ1) is 14.4. The molecule has 8 heteroatoms. The van der Waals surface area contributed by atoms with Crippen LogP contribution in [0.15, 0.2) is 0 Å². The summed E-state index contributed by atoms with van der Waals surface area (Å²) in [5.74, 6) is 3.46. The van der Waals surface area contributed by atoms with Gasteiger partial charge in [0.15, 0.2) is 4.75 Å². The van der Waals surface area contributed by atoms with Crippen LogP contribution in [-0.2, 0) is 24.4 Å². The van der Waals surface area contributed by atoms with Crippen LogP contribution in [0.2, 0.25) is 0 Å². The van der Waals surface area contributed by atoms with E-state index in [0.29, 0.717) is 0 Å². The second-order valence-corrected chi connectivity index (χ2v) is 6.55. The summed E-state index contributed by atoms with van der Waals surface area (Å²) < 4.78 is 54.9. The van der Waals surface area contributed by atoms with E-state index in [2.05, 4.69) is 16.0 Å². The Hall–Kier alpha value is -0.620. The third kappa shape index (κ3) is 3.79. The minimum atomic E-state index is -4.46. The first-order valence-electron chi connectivity index (χ1n) is 3.77. The lowest BCUT2D eigenvalue weighted by molar-refractivity contribution is 0.381.